The predicted octanol–water partition coefficient (Wildman–Crippen LogP) is 1.45. The van der Waals surface area contributed by atoms with Crippen molar-refractivity contribution in [2.45, 2.75) is 32.4 Å². The Balaban J connectivity index is 1.92. The molecule has 0 spiro atoms. The second-order valence-corrected chi connectivity index (χ2v) is 5.07. The molecule has 88 valence electrons. The van der Waals surface area contributed by atoms with Gasteiger partial charge < -0.3 is 4.74 Å². The molecule has 4 nitrogen and oxygen atoms in total. The van der Waals surface area contributed by atoms with Crippen molar-refractivity contribution >= 4 is 17.3 Å². The van der Waals surface area contributed by atoms with Crippen LogP contribution in [0.1, 0.15) is 23.2 Å². The van der Waals surface area contributed by atoms with E-state index in [1.807, 2.05) is 6.20 Å². The number of thiazole rings is 1. The summed E-state index contributed by atoms with van der Waals surface area (Å²) in [5.41, 5.74) is 0. The van der Waals surface area contributed by atoms with Crippen LogP contribution in [0.4, 0.5) is 0 Å². The van der Waals surface area contributed by atoms with E-state index in [1.165, 1.54) is 12.0 Å². The van der Waals surface area contributed by atoms with E-state index in [-0.39, 0.29) is 12.0 Å². The number of hydrogen-bond donors (Lipinski definition) is 0. The van der Waals surface area contributed by atoms with Gasteiger partial charge in [0.25, 0.3) is 0 Å². The van der Waals surface area contributed by atoms with E-state index in [0.717, 1.165) is 30.9 Å². The minimum Gasteiger partial charge on any atom is -0.468 e. The van der Waals surface area contributed by atoms with Gasteiger partial charge in [0.15, 0.2) is 0 Å². The van der Waals surface area contributed by atoms with Gasteiger partial charge in [-0.2, -0.15) is 0 Å². The molecule has 1 aliphatic heterocycles. The molecule has 16 heavy (non-hydrogen) atoms. The monoisotopic (exact) mass is 240 g/mol. The Morgan fingerprint density at radius 2 is 2.56 bits per heavy atom. The smallest absolute Gasteiger partial charge is 0.323 e. The van der Waals surface area contributed by atoms with E-state index < -0.39 is 0 Å². The van der Waals surface area contributed by atoms with Crippen molar-refractivity contribution in [3.05, 3.63) is 16.1 Å². The van der Waals surface area contributed by atoms with Gasteiger partial charge in [0.1, 0.15) is 11.0 Å². The van der Waals surface area contributed by atoms with Crippen molar-refractivity contribution in [1.29, 1.82) is 0 Å². The van der Waals surface area contributed by atoms with Crippen LogP contribution in [0.2, 0.25) is 0 Å². The minimum atomic E-state index is -0.126. The van der Waals surface area contributed by atoms with E-state index >= 15 is 0 Å². The van der Waals surface area contributed by atoms with Crippen LogP contribution in [0.5, 0.6) is 0 Å². The maximum absolute atomic E-state index is 11.4. The second kappa shape index (κ2) is 4.93. The van der Waals surface area contributed by atoms with E-state index in [4.69, 9.17) is 4.74 Å². The molecule has 1 atom stereocenters. The molecule has 0 aromatic carbocycles. The van der Waals surface area contributed by atoms with Crippen LogP contribution in [0.15, 0.2) is 6.20 Å². The Morgan fingerprint density at radius 3 is 3.06 bits per heavy atom. The molecule has 0 aliphatic carbocycles. The molecular formula is C11H16N2O2S. The highest BCUT2D eigenvalue weighted by molar-refractivity contribution is 7.11. The van der Waals surface area contributed by atoms with Gasteiger partial charge in [-0.1, -0.05) is 6.92 Å². The zero-order chi connectivity index (χ0) is 11.5. The number of ether oxygens (including phenoxy) is 1. The maximum atomic E-state index is 11.4. The van der Waals surface area contributed by atoms with Crippen molar-refractivity contribution in [2.24, 2.45) is 0 Å². The fourth-order valence-electron chi connectivity index (χ4n) is 1.79. The SMILES string of the molecule is CCc1cnc(CN2CCC2C(=O)OC)s1. The average molecular weight is 240 g/mol. The van der Waals surface area contributed by atoms with E-state index in [1.54, 1.807) is 11.3 Å². The first-order valence-electron chi connectivity index (χ1n) is 5.50. The van der Waals surface area contributed by atoms with Crippen molar-refractivity contribution in [3.8, 4) is 0 Å². The summed E-state index contributed by atoms with van der Waals surface area (Å²) in [5, 5.41) is 1.09. The predicted molar refractivity (Wildman–Crippen MR) is 62.3 cm³/mol. The summed E-state index contributed by atoms with van der Waals surface area (Å²) < 4.78 is 4.75. The molecule has 1 aromatic rings. The van der Waals surface area contributed by atoms with Crippen molar-refractivity contribution in [2.75, 3.05) is 13.7 Å². The quantitative estimate of drug-likeness (QED) is 0.747. The summed E-state index contributed by atoms with van der Waals surface area (Å²) in [4.78, 5) is 19.1. The molecule has 0 saturated carbocycles. The van der Waals surface area contributed by atoms with Crippen LogP contribution in [-0.2, 0) is 22.5 Å². The first-order valence-corrected chi connectivity index (χ1v) is 6.31. The summed E-state index contributed by atoms with van der Waals surface area (Å²) in [6.07, 6.45) is 3.85. The largest absolute Gasteiger partial charge is 0.468 e. The van der Waals surface area contributed by atoms with Crippen LogP contribution in [0, 0.1) is 0 Å². The third-order valence-corrected chi connectivity index (χ3v) is 4.02. The minimum absolute atomic E-state index is 0.0565. The molecule has 0 N–H and O–H groups in total. The Bertz CT molecular complexity index is 378. The standard InChI is InChI=1S/C11H16N2O2S/c1-3-8-6-12-10(16-8)7-13-5-4-9(13)11(14)15-2/h6,9H,3-5,7H2,1-2H3. The highest BCUT2D eigenvalue weighted by atomic mass is 32.1. The Morgan fingerprint density at radius 1 is 1.75 bits per heavy atom. The first-order chi connectivity index (χ1) is 7.74. The fourth-order valence-corrected chi connectivity index (χ4v) is 2.68. The zero-order valence-corrected chi connectivity index (χ0v) is 10.4. The van der Waals surface area contributed by atoms with Gasteiger partial charge in [-0.25, -0.2) is 4.98 Å². The molecule has 1 saturated heterocycles. The number of aromatic nitrogens is 1. The number of likely N-dealkylation sites (tertiary alicyclic amines) is 1. The van der Waals surface area contributed by atoms with Crippen LogP contribution in [-0.4, -0.2) is 35.5 Å². The lowest BCUT2D eigenvalue weighted by atomic mass is 10.0. The van der Waals surface area contributed by atoms with Gasteiger partial charge in [-0.3, -0.25) is 9.69 Å². The van der Waals surface area contributed by atoms with Crippen LogP contribution in [0.3, 0.4) is 0 Å². The number of carbonyl (C=O) groups excluding carboxylic acids is 1. The highest BCUT2D eigenvalue weighted by Crippen LogP contribution is 2.23. The number of aryl methyl sites for hydroxylation is 1. The van der Waals surface area contributed by atoms with E-state index in [0.29, 0.717) is 0 Å². The number of nitrogens with zero attached hydrogens (tertiary/aromatic N) is 2. The molecule has 5 heteroatoms. The third-order valence-electron chi connectivity index (χ3n) is 2.89. The number of rotatable bonds is 4. The molecule has 1 aliphatic rings. The van der Waals surface area contributed by atoms with E-state index in [2.05, 4.69) is 16.8 Å². The molecule has 1 fully saturated rings. The van der Waals surface area contributed by atoms with Gasteiger partial charge in [0.05, 0.1) is 13.7 Å². The normalized spacial score (nSPS) is 20.5. The summed E-state index contributed by atoms with van der Waals surface area (Å²) >= 11 is 1.73. The lowest BCUT2D eigenvalue weighted by Gasteiger charge is -2.37. The van der Waals surface area contributed by atoms with Gasteiger partial charge in [0, 0.05) is 17.6 Å². The van der Waals surface area contributed by atoms with Crippen molar-refractivity contribution in [3.63, 3.8) is 0 Å². The van der Waals surface area contributed by atoms with Gasteiger partial charge >= 0.3 is 5.97 Å². The van der Waals surface area contributed by atoms with Crippen LogP contribution in [0.25, 0.3) is 0 Å². The molecule has 0 bridgehead atoms. The molecule has 0 radical (unpaired) electrons. The Labute approximate surface area is 99.2 Å². The summed E-state index contributed by atoms with van der Waals surface area (Å²) in [5.74, 6) is -0.126. The second-order valence-electron chi connectivity index (χ2n) is 3.87. The molecule has 0 amide bonds. The van der Waals surface area contributed by atoms with Crippen LogP contribution >= 0.6 is 11.3 Å². The van der Waals surface area contributed by atoms with Crippen molar-refractivity contribution in [1.82, 2.24) is 9.88 Å². The zero-order valence-electron chi connectivity index (χ0n) is 9.60. The average Bonchev–Trinajstić information content (AvgIpc) is 2.72. The molecule has 2 heterocycles. The Hall–Kier alpha value is -0.940. The summed E-state index contributed by atoms with van der Waals surface area (Å²) in [7, 11) is 1.44. The molecule has 1 aromatic heterocycles. The summed E-state index contributed by atoms with van der Waals surface area (Å²) in [6.45, 7) is 3.85. The molecule has 2 rings (SSSR count). The Kier molecular flexibility index (Phi) is 3.56. The lowest BCUT2D eigenvalue weighted by molar-refractivity contribution is -0.152. The number of methoxy groups -OCH3 is 1. The number of carbonyl (C=O) groups is 1. The van der Waals surface area contributed by atoms with Gasteiger partial charge in [-0.05, 0) is 12.8 Å². The van der Waals surface area contributed by atoms with Gasteiger partial charge in [0.2, 0.25) is 0 Å². The fraction of sp³-hybridized carbons (Fsp3) is 0.636. The highest BCUT2D eigenvalue weighted by Gasteiger charge is 2.35. The summed E-state index contributed by atoms with van der Waals surface area (Å²) in [6, 6.07) is -0.0565. The van der Waals surface area contributed by atoms with Crippen molar-refractivity contribution < 1.29 is 9.53 Å². The number of hydrogen-bond acceptors (Lipinski definition) is 5. The molecule has 1 unspecified atom stereocenters. The first kappa shape index (κ1) is 11.5. The topological polar surface area (TPSA) is 42.4 Å². The van der Waals surface area contributed by atoms with E-state index in [9.17, 15) is 4.79 Å². The third kappa shape index (κ3) is 2.25. The van der Waals surface area contributed by atoms with Crippen LogP contribution < -0.4 is 0 Å². The maximum Gasteiger partial charge on any atom is 0.323 e. The number of esters is 1. The van der Waals surface area contributed by atoms with Gasteiger partial charge in [-0.15, -0.1) is 11.3 Å². The molecular weight excluding hydrogens is 224 g/mol. The lowest BCUT2D eigenvalue weighted by Crippen LogP contribution is -2.52.